The number of aryl methyl sites for hydroxylation is 2. The number of amides is 3. The first-order valence-corrected chi connectivity index (χ1v) is 40.6. The number of nitro benzene ring substituents is 1. The van der Waals surface area contributed by atoms with Crippen LogP contribution in [0.3, 0.4) is 0 Å². The number of quaternary nitrogens is 3. The number of methoxy groups -OCH3 is 3. The fourth-order valence-electron chi connectivity index (χ4n) is 15.6. The van der Waals surface area contributed by atoms with Gasteiger partial charge in [0.15, 0.2) is 16.9 Å². The lowest BCUT2D eigenvalue weighted by molar-refractivity contribution is -0.664. The number of nitrogens with zero attached hydrogens (tertiary/aromatic N) is 13. The number of nitrogens with two attached hydrogens (primary N) is 6. The first-order chi connectivity index (χ1) is 60.7. The van der Waals surface area contributed by atoms with E-state index in [2.05, 4.69) is 95.8 Å². The van der Waals surface area contributed by atoms with Gasteiger partial charge in [0, 0.05) is 106 Å². The molecule has 652 valence electrons. The molecule has 0 aliphatic carbocycles. The van der Waals surface area contributed by atoms with E-state index in [4.69, 9.17) is 76.4 Å². The zero-order valence-corrected chi connectivity index (χ0v) is 70.3. The summed E-state index contributed by atoms with van der Waals surface area (Å²) in [7, 11) is 4.66. The van der Waals surface area contributed by atoms with Crippen molar-refractivity contribution in [3.63, 3.8) is 0 Å². The van der Waals surface area contributed by atoms with E-state index in [0.29, 0.717) is 96.7 Å². The van der Waals surface area contributed by atoms with Gasteiger partial charge < -0.3 is 108 Å². The molecule has 0 saturated carbocycles. The van der Waals surface area contributed by atoms with Crippen LogP contribution in [-0.2, 0) is 20.8 Å². The normalized spacial score (nSPS) is 13.5. The predicted octanol–water partition coefficient (Wildman–Crippen LogP) is 5.20. The summed E-state index contributed by atoms with van der Waals surface area (Å²) in [5, 5.41) is 73.3. The number of nitro groups is 1. The summed E-state index contributed by atoms with van der Waals surface area (Å²) in [5.41, 5.74) is 32.5. The number of H-pyrrole nitrogens is 3. The van der Waals surface area contributed by atoms with E-state index in [-0.39, 0.29) is 46.8 Å². The highest BCUT2D eigenvalue weighted by Crippen LogP contribution is 2.42. The van der Waals surface area contributed by atoms with Gasteiger partial charge in [0.1, 0.15) is 93.4 Å². The minimum atomic E-state index is -1.08. The highest BCUT2D eigenvalue weighted by atomic mass is 16.6. The second-order valence-corrected chi connectivity index (χ2v) is 30.0. The van der Waals surface area contributed by atoms with E-state index in [1.54, 1.807) is 44.6 Å². The number of aromatic amines is 3. The molecule has 9 aromatic heterocycles. The molecule has 3 aliphatic rings. The average Bonchev–Trinajstić information content (AvgIpc) is 1.61. The Balaban J connectivity index is 0.000000152. The van der Waals surface area contributed by atoms with Gasteiger partial charge in [-0.2, -0.15) is 15.3 Å². The third-order valence-corrected chi connectivity index (χ3v) is 21.5. The van der Waals surface area contributed by atoms with Crippen LogP contribution in [0.4, 0.5) is 40.2 Å². The third kappa shape index (κ3) is 20.0. The number of anilines is 6. The number of carbonyl (C=O) groups is 6. The van der Waals surface area contributed by atoms with E-state index in [1.165, 1.54) is 37.7 Å². The second-order valence-electron chi connectivity index (χ2n) is 30.0. The standard InChI is InChI=1S/C28H30N8O2.C27H28N8O2.C26H25N9O4.3C2H4O2/c1-3-16-4-6-20-18(12-16)13-22(33-20)28(37)34-21-7-5-17(14-23(21)38-2)25-24-26(29)31-15-32-27(24)36(35-25)19-8-10-30-11-9-19;1-15-4-3-5-16-12-20(32-23(15)16)27(36)33-19-7-6-17(13-21(19)37-2)24-22-25(28)30-14-31-26(22)35(34-24)18-8-10-29-11-9-18;1-39-20-12-15(23-21-24(27)29-13-30-25(21)34(33-23)16-7-9-28-10-8-16)5-6-17(20)32-26(36)18-11-14-3-2-4-19(35(37)38)22(14)31-18;3*1-2(3)4/h4-7,12-15,19,30,33H,3,8-11H2,1-2H3,(H,34,37)(H2,29,31,32);3-7,12-14,18,29,32H,8-11H2,1-2H3,(H,33,36)(H2,28,30,31);2-6,11-13,16,28,31H,7-10H2,1H3,(H,32,36)(H2,27,29,30);3*1H3,(H,3,4). The average molecular weight is 1710 g/mol. The number of rotatable bonds is 17. The largest absolute Gasteiger partial charge is 0.550 e. The summed E-state index contributed by atoms with van der Waals surface area (Å²) < 4.78 is 22.9. The van der Waals surface area contributed by atoms with Gasteiger partial charge >= 0.3 is 0 Å². The van der Waals surface area contributed by atoms with Crippen molar-refractivity contribution in [3.05, 3.63) is 185 Å². The van der Waals surface area contributed by atoms with E-state index in [0.717, 1.165) is 171 Å². The lowest BCUT2D eigenvalue weighted by atomic mass is 10.1. The quantitative estimate of drug-likeness (QED) is 0.0412. The van der Waals surface area contributed by atoms with Crippen LogP contribution in [0.1, 0.15) is 127 Å². The Labute approximate surface area is 718 Å². The van der Waals surface area contributed by atoms with Crippen molar-refractivity contribution in [2.45, 2.75) is 97.7 Å². The zero-order chi connectivity index (χ0) is 89.6. The molecule has 0 atom stereocenters. The zero-order valence-electron chi connectivity index (χ0n) is 70.3. The number of para-hydroxylation sites is 2. The van der Waals surface area contributed by atoms with Crippen LogP contribution in [0.25, 0.3) is 99.6 Å². The SMILES string of the molecule is CC(=O)[O-].CC(=O)[O-].CC(=O)[O-].CCc1ccc2[nH]c(C(=O)Nc3ccc(-c4nn(C5CC[NH2+]CC5)c5ncnc(N)c45)cc3OC)cc2c1.COc1cc(-c2nn(C3CC[NH2+]CC3)c3ncnc(N)c23)ccc1NC(=O)c1cc2cccc(C)c2[nH]1.COc1cc(-c2nn(C3CC[NH2+]CC3)c3ncnc(N)c23)ccc1NC(=O)c1cc2cccc([N+](=O)[O-])c2[nH]1. The molecular formula is C87H95N25O14. The molecule has 0 radical (unpaired) electrons. The molecular weight excluding hydrogens is 1620 g/mol. The number of fused-ring (bicyclic) bond motifs is 6. The number of non-ortho nitro benzene ring substituents is 1. The Kier molecular flexibility index (Phi) is 27.7. The predicted molar refractivity (Wildman–Crippen MR) is 467 cm³/mol. The molecule has 12 heterocycles. The smallest absolute Gasteiger partial charge is 0.293 e. The molecule has 3 fully saturated rings. The number of carbonyl (C=O) groups excluding carboxylic acids is 6. The van der Waals surface area contributed by atoms with Crippen molar-refractivity contribution in [1.29, 1.82) is 0 Å². The van der Waals surface area contributed by atoms with Crippen LogP contribution in [-0.4, -0.2) is 175 Å². The lowest BCUT2D eigenvalue weighted by Gasteiger charge is -2.21. The van der Waals surface area contributed by atoms with E-state index in [9.17, 15) is 24.5 Å². The van der Waals surface area contributed by atoms with Gasteiger partial charge in [-0.05, 0) is 112 Å². The fraction of sp³-hybridized carbons (Fsp3) is 0.276. The molecule has 15 aromatic rings. The van der Waals surface area contributed by atoms with Crippen molar-refractivity contribution in [2.24, 2.45) is 0 Å². The number of benzene rings is 6. The number of carboxylic acid groups (broad SMARTS) is 3. The van der Waals surface area contributed by atoms with E-state index in [1.807, 2.05) is 99.8 Å². The first-order valence-electron chi connectivity index (χ1n) is 40.6. The van der Waals surface area contributed by atoms with Crippen LogP contribution in [0.5, 0.6) is 17.2 Å². The maximum atomic E-state index is 13.1. The Morgan fingerprint density at radius 2 is 0.802 bits per heavy atom. The number of aromatic nitrogens is 15. The third-order valence-electron chi connectivity index (χ3n) is 21.5. The summed E-state index contributed by atoms with van der Waals surface area (Å²) in [6.07, 6.45) is 11.4. The van der Waals surface area contributed by atoms with Crippen molar-refractivity contribution in [3.8, 4) is 51.0 Å². The first kappa shape index (κ1) is 88.3. The van der Waals surface area contributed by atoms with Gasteiger partial charge in [0.05, 0.1) is 117 Å². The Bertz CT molecular complexity index is 6530. The molecule has 0 spiro atoms. The highest BCUT2D eigenvalue weighted by molar-refractivity contribution is 6.10. The summed E-state index contributed by atoms with van der Waals surface area (Å²) >= 11 is 0. The summed E-state index contributed by atoms with van der Waals surface area (Å²) in [6.45, 7) is 13.3. The van der Waals surface area contributed by atoms with Crippen LogP contribution in [0.15, 0.2) is 146 Å². The number of aliphatic carboxylic acids is 3. The number of carboxylic acids is 3. The molecule has 3 amide bonds. The van der Waals surface area contributed by atoms with Gasteiger partial charge in [-0.15, -0.1) is 0 Å². The van der Waals surface area contributed by atoms with Crippen molar-refractivity contribution < 1.29 is 79.2 Å². The molecule has 126 heavy (non-hydrogen) atoms. The number of piperidine rings is 3. The molecule has 0 bridgehead atoms. The van der Waals surface area contributed by atoms with Crippen molar-refractivity contribution >= 4 is 142 Å². The van der Waals surface area contributed by atoms with Gasteiger partial charge in [-0.1, -0.05) is 61.5 Å². The minimum Gasteiger partial charge on any atom is -0.550 e. The lowest BCUT2D eigenvalue weighted by Crippen LogP contribution is -2.86. The maximum absolute atomic E-state index is 13.1. The van der Waals surface area contributed by atoms with Gasteiger partial charge in [-0.3, -0.25) is 24.5 Å². The number of hydrogen-bond donors (Lipinski definition) is 12. The molecule has 3 saturated heterocycles. The van der Waals surface area contributed by atoms with Crippen molar-refractivity contribution in [2.75, 3.05) is 93.7 Å². The number of nitrogens with one attached hydrogen (secondary N) is 6. The van der Waals surface area contributed by atoms with Crippen LogP contribution in [0, 0.1) is 17.0 Å². The summed E-state index contributed by atoms with van der Waals surface area (Å²) in [6, 6.07) is 39.3. The Hall–Kier alpha value is -15.5. The second kappa shape index (κ2) is 39.6. The van der Waals surface area contributed by atoms with Crippen LogP contribution in [0.2, 0.25) is 0 Å². The van der Waals surface area contributed by atoms with Gasteiger partial charge in [0.2, 0.25) is 0 Å². The molecule has 0 unspecified atom stereocenters. The Morgan fingerprint density at radius 3 is 1.15 bits per heavy atom. The van der Waals surface area contributed by atoms with Gasteiger partial charge in [0.25, 0.3) is 23.4 Å². The van der Waals surface area contributed by atoms with Crippen molar-refractivity contribution in [1.82, 2.24) is 74.2 Å². The minimum absolute atomic E-state index is 0.102. The number of nitrogen functional groups attached to an aromatic ring is 3. The maximum Gasteiger partial charge on any atom is 0.293 e. The summed E-state index contributed by atoms with van der Waals surface area (Å²) in [5.74, 6) is -1.64. The molecule has 3 aliphatic heterocycles. The molecule has 39 nitrogen and oxygen atoms in total. The van der Waals surface area contributed by atoms with Crippen LogP contribution < -0.4 is 78.6 Å². The summed E-state index contributed by atoms with van der Waals surface area (Å²) in [4.78, 5) is 112. The number of hydrogen-bond acceptors (Lipinski definition) is 26. The van der Waals surface area contributed by atoms with Gasteiger partial charge in [-0.25, -0.2) is 43.9 Å². The monoisotopic (exact) mass is 1710 g/mol. The highest BCUT2D eigenvalue weighted by Gasteiger charge is 2.31. The Morgan fingerprint density at radius 1 is 0.460 bits per heavy atom. The molecule has 39 heteroatoms. The number of ether oxygens (including phenoxy) is 3. The molecule has 18 rings (SSSR count). The topological polar surface area (TPSA) is 585 Å². The molecule has 18 N–H and O–H groups in total. The molecule has 6 aromatic carbocycles. The van der Waals surface area contributed by atoms with E-state index < -0.39 is 28.7 Å². The van der Waals surface area contributed by atoms with E-state index >= 15 is 0 Å². The van der Waals surface area contributed by atoms with Crippen LogP contribution >= 0.6 is 0 Å². The fourth-order valence-corrected chi connectivity index (χ4v) is 15.6.